The summed E-state index contributed by atoms with van der Waals surface area (Å²) in [5.41, 5.74) is 4.78. The maximum absolute atomic E-state index is 14.0. The van der Waals surface area contributed by atoms with E-state index < -0.39 is 6.04 Å². The molecule has 5 rings (SSSR count). The summed E-state index contributed by atoms with van der Waals surface area (Å²) in [4.78, 5) is 14.0. The quantitative estimate of drug-likeness (QED) is 0.309. The molecule has 9 heteroatoms. The van der Waals surface area contributed by atoms with Crippen LogP contribution in [0.5, 0.6) is 28.7 Å². The number of ether oxygens (including phenoxy) is 4. The van der Waals surface area contributed by atoms with E-state index >= 15 is 0 Å². The summed E-state index contributed by atoms with van der Waals surface area (Å²) in [7, 11) is 4.72. The first kappa shape index (κ1) is 26.6. The molecule has 0 saturated heterocycles. The molecule has 2 aliphatic rings. The Balaban J connectivity index is 1.62. The second-order valence-electron chi connectivity index (χ2n) is 9.41. The molecule has 3 aromatic carbocycles. The molecule has 0 bridgehead atoms. The minimum absolute atomic E-state index is 0.00466. The third-order valence-corrected chi connectivity index (χ3v) is 7.44. The molecule has 0 unspecified atom stereocenters. The van der Waals surface area contributed by atoms with Gasteiger partial charge < -0.3 is 34.7 Å². The molecular weight excluding hydrogens is 520 g/mol. The van der Waals surface area contributed by atoms with Crippen LogP contribution >= 0.6 is 11.6 Å². The SMILES string of the molecule is CCOc1cc([C@@H]2Nc3ccccc3NC3=C2C(=O)C[C@H](c2cc(OC)c(OC)c(OC)c2)C3)cc(Cl)c1O. The lowest BCUT2D eigenvalue weighted by Crippen LogP contribution is -2.27. The van der Waals surface area contributed by atoms with Crippen LogP contribution in [-0.2, 0) is 4.79 Å². The Kier molecular flexibility index (Phi) is 7.48. The number of methoxy groups -OCH3 is 3. The number of carbonyl (C=O) groups is 1. The van der Waals surface area contributed by atoms with Gasteiger partial charge in [0.15, 0.2) is 28.8 Å². The van der Waals surface area contributed by atoms with E-state index in [0.29, 0.717) is 41.4 Å². The molecule has 0 fully saturated rings. The number of fused-ring (bicyclic) bond motifs is 1. The van der Waals surface area contributed by atoms with E-state index in [1.54, 1.807) is 33.5 Å². The molecular formula is C30H31ClN2O6. The normalized spacial score (nSPS) is 18.2. The van der Waals surface area contributed by atoms with E-state index in [-0.39, 0.29) is 34.6 Å². The molecule has 3 aromatic rings. The van der Waals surface area contributed by atoms with Crippen molar-refractivity contribution < 1.29 is 28.8 Å². The van der Waals surface area contributed by atoms with E-state index in [1.807, 2.05) is 43.3 Å². The first-order valence-corrected chi connectivity index (χ1v) is 13.1. The van der Waals surface area contributed by atoms with Crippen molar-refractivity contribution in [3.05, 3.63) is 76.0 Å². The summed E-state index contributed by atoms with van der Waals surface area (Å²) in [6.45, 7) is 2.19. The summed E-state index contributed by atoms with van der Waals surface area (Å²) < 4.78 is 22.3. The lowest BCUT2D eigenvalue weighted by Gasteiger charge is -2.30. The highest BCUT2D eigenvalue weighted by molar-refractivity contribution is 6.32. The van der Waals surface area contributed by atoms with Gasteiger partial charge in [0.2, 0.25) is 5.75 Å². The van der Waals surface area contributed by atoms with E-state index in [9.17, 15) is 9.90 Å². The van der Waals surface area contributed by atoms with Crippen LogP contribution in [0.4, 0.5) is 11.4 Å². The van der Waals surface area contributed by atoms with Crippen LogP contribution in [0.1, 0.15) is 42.9 Å². The fourth-order valence-electron chi connectivity index (χ4n) is 5.34. The Bertz CT molecular complexity index is 1430. The predicted octanol–water partition coefficient (Wildman–Crippen LogP) is 6.45. The first-order chi connectivity index (χ1) is 18.9. The maximum atomic E-state index is 14.0. The lowest BCUT2D eigenvalue weighted by atomic mass is 9.78. The topological polar surface area (TPSA) is 98.3 Å². The van der Waals surface area contributed by atoms with Gasteiger partial charge in [-0.2, -0.15) is 0 Å². The first-order valence-electron chi connectivity index (χ1n) is 12.7. The molecule has 0 spiro atoms. The van der Waals surface area contributed by atoms with Crippen molar-refractivity contribution in [1.29, 1.82) is 0 Å². The molecule has 39 heavy (non-hydrogen) atoms. The van der Waals surface area contributed by atoms with Crippen LogP contribution in [0.2, 0.25) is 5.02 Å². The van der Waals surface area contributed by atoms with Crippen molar-refractivity contribution in [1.82, 2.24) is 0 Å². The van der Waals surface area contributed by atoms with E-state index in [0.717, 1.165) is 22.6 Å². The number of anilines is 2. The summed E-state index contributed by atoms with van der Waals surface area (Å²) in [5.74, 6) is 1.61. The van der Waals surface area contributed by atoms with Crippen molar-refractivity contribution in [3.63, 3.8) is 0 Å². The van der Waals surface area contributed by atoms with Crippen molar-refractivity contribution in [2.75, 3.05) is 38.6 Å². The number of phenolic OH excluding ortho intramolecular Hbond substituents is 1. The summed E-state index contributed by atoms with van der Waals surface area (Å²) in [5, 5.41) is 17.7. The van der Waals surface area contributed by atoms with Gasteiger partial charge in [-0.3, -0.25) is 4.79 Å². The number of halogens is 1. The largest absolute Gasteiger partial charge is 0.503 e. The standard InChI is InChI=1S/C30H31ClN2O6/c1-5-39-24-15-18(10-19(31)29(24)35)28-27-22(32-20-8-6-7-9-21(20)33-28)11-16(12-23(27)34)17-13-25(36-2)30(38-4)26(14-17)37-3/h6-10,13-16,28,32-33,35H,5,11-12H2,1-4H3/t16-,28+/m1/s1. The van der Waals surface area contributed by atoms with Crippen molar-refractivity contribution in [3.8, 4) is 28.7 Å². The molecule has 8 nitrogen and oxygen atoms in total. The number of aromatic hydroxyl groups is 1. The Morgan fingerprint density at radius 2 is 1.59 bits per heavy atom. The molecule has 2 atom stereocenters. The highest BCUT2D eigenvalue weighted by Gasteiger charge is 2.37. The number of carbonyl (C=O) groups excluding carboxylic acids is 1. The second kappa shape index (κ2) is 11.0. The maximum Gasteiger partial charge on any atom is 0.203 e. The van der Waals surface area contributed by atoms with Gasteiger partial charge in [0.05, 0.1) is 50.4 Å². The second-order valence-corrected chi connectivity index (χ2v) is 9.82. The molecule has 0 saturated carbocycles. The van der Waals surface area contributed by atoms with Gasteiger partial charge in [-0.1, -0.05) is 23.7 Å². The average molecular weight is 551 g/mol. The Morgan fingerprint density at radius 3 is 2.23 bits per heavy atom. The van der Waals surface area contributed by atoms with Gasteiger partial charge in [-0.15, -0.1) is 0 Å². The number of ketones is 1. The summed E-state index contributed by atoms with van der Waals surface area (Å²) >= 11 is 6.40. The number of allylic oxidation sites excluding steroid dienone is 1. The van der Waals surface area contributed by atoms with E-state index in [1.165, 1.54) is 0 Å². The number of hydrogen-bond donors (Lipinski definition) is 3. The number of hydrogen-bond acceptors (Lipinski definition) is 8. The number of benzene rings is 3. The number of nitrogens with one attached hydrogen (secondary N) is 2. The smallest absolute Gasteiger partial charge is 0.203 e. The van der Waals surface area contributed by atoms with Crippen molar-refractivity contribution in [2.45, 2.75) is 31.7 Å². The molecule has 1 aliphatic carbocycles. The zero-order chi connectivity index (χ0) is 27.7. The third kappa shape index (κ3) is 4.92. The molecule has 0 radical (unpaired) electrons. The highest BCUT2D eigenvalue weighted by atomic mass is 35.5. The molecule has 0 amide bonds. The third-order valence-electron chi connectivity index (χ3n) is 7.15. The molecule has 0 aromatic heterocycles. The lowest BCUT2D eigenvalue weighted by molar-refractivity contribution is -0.116. The average Bonchev–Trinajstić information content (AvgIpc) is 3.11. The van der Waals surface area contributed by atoms with Crippen LogP contribution < -0.4 is 29.6 Å². The number of rotatable bonds is 7. The Morgan fingerprint density at radius 1 is 0.923 bits per heavy atom. The zero-order valence-electron chi connectivity index (χ0n) is 22.3. The minimum atomic E-state index is -0.512. The predicted molar refractivity (Wildman–Crippen MR) is 151 cm³/mol. The summed E-state index contributed by atoms with van der Waals surface area (Å²) in [6.07, 6.45) is 0.869. The summed E-state index contributed by atoms with van der Waals surface area (Å²) in [6, 6.07) is 14.5. The molecule has 3 N–H and O–H groups in total. The van der Waals surface area contributed by atoms with Crippen LogP contribution in [0.25, 0.3) is 0 Å². The van der Waals surface area contributed by atoms with Crippen LogP contribution in [0.15, 0.2) is 59.8 Å². The van der Waals surface area contributed by atoms with E-state index in [2.05, 4.69) is 10.6 Å². The van der Waals surface area contributed by atoms with Gasteiger partial charge >= 0.3 is 0 Å². The van der Waals surface area contributed by atoms with Crippen molar-refractivity contribution >= 4 is 28.8 Å². The Hall–Kier alpha value is -4.04. The number of phenols is 1. The fraction of sp³-hybridized carbons (Fsp3) is 0.300. The monoisotopic (exact) mass is 550 g/mol. The number of para-hydroxylation sites is 2. The van der Waals surface area contributed by atoms with Gasteiger partial charge in [0.1, 0.15) is 0 Å². The molecule has 204 valence electrons. The van der Waals surface area contributed by atoms with Crippen LogP contribution in [0, 0.1) is 0 Å². The minimum Gasteiger partial charge on any atom is -0.503 e. The molecule has 1 heterocycles. The van der Waals surface area contributed by atoms with Gasteiger partial charge in [-0.05, 0) is 66.8 Å². The Labute approximate surface area is 232 Å². The fourth-order valence-corrected chi connectivity index (χ4v) is 5.56. The van der Waals surface area contributed by atoms with Crippen LogP contribution in [0.3, 0.4) is 0 Å². The van der Waals surface area contributed by atoms with Gasteiger partial charge in [0, 0.05) is 17.7 Å². The van der Waals surface area contributed by atoms with Gasteiger partial charge in [0.25, 0.3) is 0 Å². The van der Waals surface area contributed by atoms with Crippen LogP contribution in [-0.4, -0.2) is 38.8 Å². The van der Waals surface area contributed by atoms with Crippen molar-refractivity contribution in [2.24, 2.45) is 0 Å². The van der Waals surface area contributed by atoms with Gasteiger partial charge in [-0.25, -0.2) is 0 Å². The zero-order valence-corrected chi connectivity index (χ0v) is 23.0. The molecule has 1 aliphatic heterocycles. The number of Topliss-reactive ketones (excluding diaryl/α,β-unsaturated/α-hetero) is 1. The highest BCUT2D eigenvalue weighted by Crippen LogP contribution is 2.48. The van der Waals surface area contributed by atoms with E-state index in [4.69, 9.17) is 30.5 Å².